The molecular weight excluding hydrogens is 410 g/mol. The molecule has 0 aliphatic heterocycles. The fourth-order valence-electron chi connectivity index (χ4n) is 1.82. The minimum Gasteiger partial charge on any atom is -0.488 e. The molecule has 24 heavy (non-hydrogen) atoms. The van der Waals surface area contributed by atoms with Crippen molar-refractivity contribution in [1.82, 2.24) is 10.7 Å². The topological polar surface area (TPSA) is 45.7 Å². The van der Waals surface area contributed by atoms with Gasteiger partial charge in [0.25, 0.3) is 0 Å². The maximum Gasteiger partial charge on any atom is 0.186 e. The summed E-state index contributed by atoms with van der Waals surface area (Å²) >= 11 is 14.4. The van der Waals surface area contributed by atoms with Crippen LogP contribution in [0.5, 0.6) is 5.75 Å². The molecule has 0 saturated heterocycles. The van der Waals surface area contributed by atoms with E-state index in [1.807, 2.05) is 49.4 Å². The van der Waals surface area contributed by atoms with Crippen LogP contribution in [0.3, 0.4) is 0 Å². The Morgan fingerprint density at radius 2 is 2.04 bits per heavy atom. The quantitative estimate of drug-likeness (QED) is 0.405. The predicted octanol–water partition coefficient (Wildman–Crippen LogP) is 4.50. The molecule has 2 aromatic carbocycles. The lowest BCUT2D eigenvalue weighted by Gasteiger charge is -2.09. The van der Waals surface area contributed by atoms with E-state index < -0.39 is 0 Å². The molecule has 2 N–H and O–H groups in total. The van der Waals surface area contributed by atoms with Gasteiger partial charge in [-0.2, -0.15) is 5.10 Å². The third-order valence-corrected chi connectivity index (χ3v) is 4.09. The number of hydrogen-bond donors (Lipinski definition) is 2. The summed E-state index contributed by atoms with van der Waals surface area (Å²) in [5, 5.41) is 8.25. The molecule has 2 rings (SSSR count). The molecule has 0 saturated carbocycles. The number of nitrogens with zero attached hydrogens (tertiary/aromatic N) is 1. The highest BCUT2D eigenvalue weighted by Crippen LogP contribution is 2.26. The largest absolute Gasteiger partial charge is 0.488 e. The van der Waals surface area contributed by atoms with Gasteiger partial charge in [0.05, 0.1) is 10.7 Å². The molecule has 0 heterocycles. The van der Waals surface area contributed by atoms with Crippen molar-refractivity contribution in [3.05, 3.63) is 63.1 Å². The lowest BCUT2D eigenvalue weighted by Crippen LogP contribution is -2.31. The molecule has 126 valence electrons. The number of hydrogen-bond acceptors (Lipinski definition) is 3. The number of ether oxygens (including phenoxy) is 1. The number of halogens is 2. The Morgan fingerprint density at radius 1 is 1.29 bits per heavy atom. The summed E-state index contributed by atoms with van der Waals surface area (Å²) in [5.41, 5.74) is 4.73. The Labute approximate surface area is 160 Å². The highest BCUT2D eigenvalue weighted by atomic mass is 79.9. The van der Waals surface area contributed by atoms with Crippen molar-refractivity contribution in [2.24, 2.45) is 5.10 Å². The average Bonchev–Trinajstić information content (AvgIpc) is 2.56. The SMILES string of the molecule is CCNC(=S)N/N=C\c1ccc(OCc2ccc(Cl)cc2)c(Br)c1. The van der Waals surface area contributed by atoms with Crippen molar-refractivity contribution in [3.8, 4) is 5.75 Å². The fourth-order valence-corrected chi connectivity index (χ4v) is 2.66. The summed E-state index contributed by atoms with van der Waals surface area (Å²) in [5.74, 6) is 0.762. The first-order chi connectivity index (χ1) is 11.6. The third-order valence-electron chi connectivity index (χ3n) is 2.98. The molecule has 0 fully saturated rings. The van der Waals surface area contributed by atoms with Gasteiger partial charge in [0, 0.05) is 11.6 Å². The number of benzene rings is 2. The molecule has 2 aromatic rings. The Hall–Kier alpha value is -1.63. The fraction of sp³-hybridized carbons (Fsp3) is 0.176. The van der Waals surface area contributed by atoms with Crippen LogP contribution in [0, 0.1) is 0 Å². The zero-order valence-electron chi connectivity index (χ0n) is 13.1. The van der Waals surface area contributed by atoms with Crippen LogP contribution in [0.25, 0.3) is 0 Å². The van der Waals surface area contributed by atoms with Crippen LogP contribution >= 0.6 is 39.7 Å². The summed E-state index contributed by atoms with van der Waals surface area (Å²) in [7, 11) is 0. The van der Waals surface area contributed by atoms with E-state index in [4.69, 9.17) is 28.6 Å². The van der Waals surface area contributed by atoms with Gasteiger partial charge in [-0.3, -0.25) is 5.43 Å². The molecule has 0 aliphatic rings. The molecule has 0 aliphatic carbocycles. The first kappa shape index (κ1) is 18.7. The van der Waals surface area contributed by atoms with Crippen molar-refractivity contribution >= 4 is 51.1 Å². The Bertz CT molecular complexity index is 722. The lowest BCUT2D eigenvalue weighted by molar-refractivity contribution is 0.304. The predicted molar refractivity (Wildman–Crippen MR) is 107 cm³/mol. The molecule has 0 aromatic heterocycles. The summed E-state index contributed by atoms with van der Waals surface area (Å²) in [6.07, 6.45) is 1.69. The third kappa shape index (κ3) is 6.11. The van der Waals surface area contributed by atoms with Gasteiger partial charge in [0.1, 0.15) is 12.4 Å². The number of hydrazone groups is 1. The van der Waals surface area contributed by atoms with Crippen LogP contribution in [-0.4, -0.2) is 17.9 Å². The van der Waals surface area contributed by atoms with Crippen molar-refractivity contribution in [2.75, 3.05) is 6.54 Å². The number of nitrogens with one attached hydrogen (secondary N) is 2. The van der Waals surface area contributed by atoms with Gasteiger partial charge >= 0.3 is 0 Å². The van der Waals surface area contributed by atoms with Crippen LogP contribution in [0.2, 0.25) is 5.02 Å². The molecule has 0 spiro atoms. The highest BCUT2D eigenvalue weighted by Gasteiger charge is 2.03. The van der Waals surface area contributed by atoms with E-state index in [0.717, 1.165) is 27.9 Å². The maximum absolute atomic E-state index is 5.87. The molecule has 0 bridgehead atoms. The Kier molecular flexibility index (Phi) is 7.49. The smallest absolute Gasteiger partial charge is 0.186 e. The number of thiocarbonyl (C=S) groups is 1. The van der Waals surface area contributed by atoms with E-state index in [1.165, 1.54) is 0 Å². The van der Waals surface area contributed by atoms with Crippen LogP contribution in [0.4, 0.5) is 0 Å². The Balaban J connectivity index is 1.92. The minimum absolute atomic E-state index is 0.474. The van der Waals surface area contributed by atoms with Crippen molar-refractivity contribution < 1.29 is 4.74 Å². The summed E-state index contributed by atoms with van der Waals surface area (Å²) in [6.45, 7) is 3.20. The second-order valence-corrected chi connectivity index (χ2v) is 6.53. The van der Waals surface area contributed by atoms with E-state index in [9.17, 15) is 0 Å². The van der Waals surface area contributed by atoms with Gasteiger partial charge in [-0.1, -0.05) is 23.7 Å². The van der Waals surface area contributed by atoms with Crippen LogP contribution in [-0.2, 0) is 6.61 Å². The molecule has 0 unspecified atom stereocenters. The zero-order valence-corrected chi connectivity index (χ0v) is 16.2. The standard InChI is InChI=1S/C17H17BrClN3OS/c1-2-20-17(24)22-21-10-13-5-8-16(15(18)9-13)23-11-12-3-6-14(19)7-4-12/h3-10H,2,11H2,1H3,(H2,20,22,24)/b21-10-. The monoisotopic (exact) mass is 425 g/mol. The van der Waals surface area contributed by atoms with Crippen LogP contribution in [0.1, 0.15) is 18.1 Å². The van der Waals surface area contributed by atoms with E-state index in [2.05, 4.69) is 31.8 Å². The van der Waals surface area contributed by atoms with Gasteiger partial charge in [-0.05, 0) is 76.5 Å². The van der Waals surface area contributed by atoms with E-state index in [0.29, 0.717) is 16.7 Å². The zero-order chi connectivity index (χ0) is 17.4. The highest BCUT2D eigenvalue weighted by molar-refractivity contribution is 9.10. The van der Waals surface area contributed by atoms with Gasteiger partial charge in [-0.25, -0.2) is 0 Å². The molecule has 7 heteroatoms. The van der Waals surface area contributed by atoms with E-state index in [1.54, 1.807) is 6.21 Å². The second kappa shape index (κ2) is 9.61. The lowest BCUT2D eigenvalue weighted by atomic mass is 10.2. The molecular formula is C17H17BrClN3OS. The van der Waals surface area contributed by atoms with Crippen LogP contribution in [0.15, 0.2) is 52.0 Å². The average molecular weight is 427 g/mol. The molecule has 0 atom stereocenters. The summed E-state index contributed by atoms with van der Waals surface area (Å²) in [4.78, 5) is 0. The van der Waals surface area contributed by atoms with Gasteiger partial charge in [0.2, 0.25) is 0 Å². The van der Waals surface area contributed by atoms with Crippen molar-refractivity contribution in [3.63, 3.8) is 0 Å². The van der Waals surface area contributed by atoms with Crippen molar-refractivity contribution in [1.29, 1.82) is 0 Å². The first-order valence-corrected chi connectivity index (χ1v) is 8.90. The van der Waals surface area contributed by atoms with Crippen molar-refractivity contribution in [2.45, 2.75) is 13.5 Å². The summed E-state index contributed by atoms with van der Waals surface area (Å²) < 4.78 is 6.67. The summed E-state index contributed by atoms with van der Waals surface area (Å²) in [6, 6.07) is 13.3. The molecule has 4 nitrogen and oxygen atoms in total. The van der Waals surface area contributed by atoms with Gasteiger partial charge in [0.15, 0.2) is 5.11 Å². The van der Waals surface area contributed by atoms with E-state index in [-0.39, 0.29) is 0 Å². The molecule has 0 amide bonds. The normalized spacial score (nSPS) is 10.6. The van der Waals surface area contributed by atoms with E-state index >= 15 is 0 Å². The molecule has 0 radical (unpaired) electrons. The second-order valence-electron chi connectivity index (χ2n) is 4.83. The van der Waals surface area contributed by atoms with Crippen LogP contribution < -0.4 is 15.5 Å². The minimum atomic E-state index is 0.474. The Morgan fingerprint density at radius 3 is 2.71 bits per heavy atom. The van der Waals surface area contributed by atoms with Gasteiger partial charge < -0.3 is 10.1 Å². The first-order valence-electron chi connectivity index (χ1n) is 7.32. The van der Waals surface area contributed by atoms with Gasteiger partial charge in [-0.15, -0.1) is 0 Å². The maximum atomic E-state index is 5.87. The number of rotatable bonds is 6.